The van der Waals surface area contributed by atoms with Crippen LogP contribution in [0.25, 0.3) is 0 Å². The Morgan fingerprint density at radius 1 is 1.50 bits per heavy atom. The minimum absolute atomic E-state index is 0.0494. The van der Waals surface area contributed by atoms with Crippen LogP contribution in [0, 0.1) is 11.3 Å². The second kappa shape index (κ2) is 4.86. The Hall–Kier alpha value is -1.13. The van der Waals surface area contributed by atoms with Crippen LogP contribution in [0.15, 0.2) is 23.1 Å². The number of nitriles is 1. The Kier molecular flexibility index (Phi) is 3.59. The first-order valence-electron chi connectivity index (χ1n) is 5.40. The Morgan fingerprint density at radius 3 is 2.78 bits per heavy atom. The Balaban J connectivity index is 2.48. The maximum absolute atomic E-state index is 12.4. The van der Waals surface area contributed by atoms with Crippen LogP contribution in [0.2, 0.25) is 5.02 Å². The third-order valence-electron chi connectivity index (χ3n) is 2.87. The van der Waals surface area contributed by atoms with Gasteiger partial charge in [-0.1, -0.05) is 11.6 Å². The van der Waals surface area contributed by atoms with E-state index in [1.807, 2.05) is 6.07 Å². The standard InChI is InChI=1S/C11H12ClN3O2S/c12-9-2-1-8(6-13)11(5-9)18(16,17)15-4-3-10(14)7-15/h1-2,5,10H,3-4,7,14H2. The van der Waals surface area contributed by atoms with Gasteiger partial charge in [-0.15, -0.1) is 0 Å². The number of hydrogen-bond acceptors (Lipinski definition) is 4. The molecule has 2 N–H and O–H groups in total. The lowest BCUT2D eigenvalue weighted by Crippen LogP contribution is -2.32. The van der Waals surface area contributed by atoms with E-state index in [4.69, 9.17) is 22.6 Å². The van der Waals surface area contributed by atoms with E-state index in [1.54, 1.807) is 0 Å². The lowest BCUT2D eigenvalue weighted by Gasteiger charge is -2.16. The highest BCUT2D eigenvalue weighted by Crippen LogP contribution is 2.25. The highest BCUT2D eigenvalue weighted by molar-refractivity contribution is 7.89. The van der Waals surface area contributed by atoms with E-state index in [0.717, 1.165) is 0 Å². The first-order valence-corrected chi connectivity index (χ1v) is 7.22. The van der Waals surface area contributed by atoms with E-state index >= 15 is 0 Å². The van der Waals surface area contributed by atoms with E-state index in [2.05, 4.69) is 0 Å². The molecule has 0 amide bonds. The van der Waals surface area contributed by atoms with Gasteiger partial charge in [-0.2, -0.15) is 9.57 Å². The third kappa shape index (κ3) is 2.35. The maximum Gasteiger partial charge on any atom is 0.244 e. The van der Waals surface area contributed by atoms with Crippen LogP contribution < -0.4 is 5.73 Å². The quantitative estimate of drug-likeness (QED) is 0.876. The average molecular weight is 286 g/mol. The monoisotopic (exact) mass is 285 g/mol. The summed E-state index contributed by atoms with van der Waals surface area (Å²) < 4.78 is 26.0. The van der Waals surface area contributed by atoms with Crippen molar-refractivity contribution in [3.63, 3.8) is 0 Å². The van der Waals surface area contributed by atoms with Crippen molar-refractivity contribution in [3.05, 3.63) is 28.8 Å². The predicted octanol–water partition coefficient (Wildman–Crippen LogP) is 0.933. The molecule has 1 aromatic carbocycles. The van der Waals surface area contributed by atoms with Crippen molar-refractivity contribution >= 4 is 21.6 Å². The smallest absolute Gasteiger partial charge is 0.244 e. The molecule has 0 saturated carbocycles. The summed E-state index contributed by atoms with van der Waals surface area (Å²) >= 11 is 5.80. The predicted molar refractivity (Wildman–Crippen MR) is 67.5 cm³/mol. The Morgan fingerprint density at radius 2 is 2.22 bits per heavy atom. The zero-order valence-corrected chi connectivity index (χ0v) is 11.1. The molecule has 7 heteroatoms. The van der Waals surface area contributed by atoms with Gasteiger partial charge in [-0.25, -0.2) is 8.42 Å². The summed E-state index contributed by atoms with van der Waals surface area (Å²) in [7, 11) is -3.69. The zero-order valence-electron chi connectivity index (χ0n) is 9.51. The molecular formula is C11H12ClN3O2S. The zero-order chi connectivity index (χ0) is 13.3. The number of hydrogen-bond donors (Lipinski definition) is 1. The molecule has 1 aliphatic rings. The highest BCUT2D eigenvalue weighted by Gasteiger charge is 2.32. The van der Waals surface area contributed by atoms with Gasteiger partial charge in [0.15, 0.2) is 0 Å². The van der Waals surface area contributed by atoms with Gasteiger partial charge in [-0.05, 0) is 24.6 Å². The molecule has 1 unspecified atom stereocenters. The molecule has 1 atom stereocenters. The van der Waals surface area contributed by atoms with Crippen molar-refractivity contribution in [2.75, 3.05) is 13.1 Å². The van der Waals surface area contributed by atoms with Crippen LogP contribution in [0.4, 0.5) is 0 Å². The maximum atomic E-state index is 12.4. The fourth-order valence-corrected chi connectivity index (χ4v) is 3.83. The number of nitrogens with zero attached hydrogens (tertiary/aromatic N) is 2. The third-order valence-corrected chi connectivity index (χ3v) is 5.01. The minimum Gasteiger partial charge on any atom is -0.326 e. The number of sulfonamides is 1. The second-order valence-electron chi connectivity index (χ2n) is 4.16. The first-order chi connectivity index (χ1) is 8.45. The van der Waals surface area contributed by atoms with Crippen LogP contribution in [0.5, 0.6) is 0 Å². The molecule has 0 bridgehead atoms. The average Bonchev–Trinajstić information content (AvgIpc) is 2.76. The fourth-order valence-electron chi connectivity index (χ4n) is 1.91. The van der Waals surface area contributed by atoms with Crippen LogP contribution in [-0.2, 0) is 10.0 Å². The van der Waals surface area contributed by atoms with Crippen molar-refractivity contribution in [3.8, 4) is 6.07 Å². The Labute approximate surface area is 111 Å². The molecule has 0 spiro atoms. The normalized spacial score (nSPS) is 20.8. The van der Waals surface area contributed by atoms with Gasteiger partial charge in [0.2, 0.25) is 10.0 Å². The molecule has 2 rings (SSSR count). The van der Waals surface area contributed by atoms with E-state index in [9.17, 15) is 8.42 Å². The summed E-state index contributed by atoms with van der Waals surface area (Å²) in [6, 6.07) is 5.93. The molecule has 1 saturated heterocycles. The molecule has 1 fully saturated rings. The van der Waals surface area contributed by atoms with Crippen molar-refractivity contribution in [2.24, 2.45) is 5.73 Å². The molecule has 1 aromatic rings. The van der Waals surface area contributed by atoms with Crippen molar-refractivity contribution in [1.29, 1.82) is 5.26 Å². The minimum atomic E-state index is -3.69. The molecule has 5 nitrogen and oxygen atoms in total. The van der Waals surface area contributed by atoms with Gasteiger partial charge in [0, 0.05) is 24.2 Å². The van der Waals surface area contributed by atoms with Crippen LogP contribution in [0.1, 0.15) is 12.0 Å². The Bertz CT molecular complexity index is 609. The highest BCUT2D eigenvalue weighted by atomic mass is 35.5. The lowest BCUT2D eigenvalue weighted by atomic mass is 10.2. The summed E-state index contributed by atoms with van der Waals surface area (Å²) in [4.78, 5) is -0.0494. The molecule has 1 aliphatic heterocycles. The number of rotatable bonds is 2. The molecule has 0 aromatic heterocycles. The van der Waals surface area contributed by atoms with E-state index in [-0.39, 0.29) is 28.1 Å². The molecule has 18 heavy (non-hydrogen) atoms. The molecule has 96 valence electrons. The van der Waals surface area contributed by atoms with Gasteiger partial charge in [0.1, 0.15) is 11.0 Å². The molecule has 0 radical (unpaired) electrons. The summed E-state index contributed by atoms with van der Waals surface area (Å²) in [5.74, 6) is 0. The summed E-state index contributed by atoms with van der Waals surface area (Å²) in [5, 5.41) is 9.25. The largest absolute Gasteiger partial charge is 0.326 e. The SMILES string of the molecule is N#Cc1ccc(Cl)cc1S(=O)(=O)N1CCC(N)C1. The van der Waals surface area contributed by atoms with Gasteiger partial charge in [-0.3, -0.25) is 0 Å². The van der Waals surface area contributed by atoms with E-state index in [1.165, 1.54) is 22.5 Å². The first kappa shape index (κ1) is 13.3. The van der Waals surface area contributed by atoms with Gasteiger partial charge in [0.25, 0.3) is 0 Å². The number of halogens is 1. The van der Waals surface area contributed by atoms with Gasteiger partial charge in [0.05, 0.1) is 5.56 Å². The molecular weight excluding hydrogens is 274 g/mol. The van der Waals surface area contributed by atoms with Crippen LogP contribution in [-0.4, -0.2) is 31.9 Å². The summed E-state index contributed by atoms with van der Waals surface area (Å²) in [6.45, 7) is 0.653. The van der Waals surface area contributed by atoms with E-state index in [0.29, 0.717) is 13.0 Å². The van der Waals surface area contributed by atoms with E-state index < -0.39 is 10.0 Å². The van der Waals surface area contributed by atoms with Gasteiger partial charge >= 0.3 is 0 Å². The van der Waals surface area contributed by atoms with Crippen LogP contribution in [0.3, 0.4) is 0 Å². The topological polar surface area (TPSA) is 87.2 Å². The molecule has 0 aliphatic carbocycles. The number of benzene rings is 1. The van der Waals surface area contributed by atoms with Crippen molar-refractivity contribution < 1.29 is 8.42 Å². The van der Waals surface area contributed by atoms with Crippen LogP contribution >= 0.6 is 11.6 Å². The summed E-state index contributed by atoms with van der Waals surface area (Å²) in [5.41, 5.74) is 5.80. The number of nitrogens with two attached hydrogens (primary N) is 1. The molecule has 1 heterocycles. The van der Waals surface area contributed by atoms with Crippen molar-refractivity contribution in [2.45, 2.75) is 17.4 Å². The van der Waals surface area contributed by atoms with Crippen molar-refractivity contribution in [1.82, 2.24) is 4.31 Å². The second-order valence-corrected chi connectivity index (χ2v) is 6.51. The van der Waals surface area contributed by atoms with Gasteiger partial charge < -0.3 is 5.73 Å². The summed E-state index contributed by atoms with van der Waals surface area (Å²) in [6.07, 6.45) is 0.627. The lowest BCUT2D eigenvalue weighted by molar-refractivity contribution is 0.472. The fraction of sp³-hybridized carbons (Fsp3) is 0.364.